The monoisotopic (exact) mass is 583 g/mol. The Bertz CT molecular complexity index is 1450. The number of hydrogen-bond acceptors (Lipinski definition) is 6. The van der Waals surface area contributed by atoms with Crippen LogP contribution in [-0.2, 0) is 24.6 Å². The average molecular weight is 584 g/mol. The molecule has 0 spiro atoms. The number of nitriles is 1. The number of allylic oxidation sites excluding steroid dienone is 4. The van der Waals surface area contributed by atoms with Crippen LogP contribution in [0, 0.1) is 56.2 Å². The van der Waals surface area contributed by atoms with E-state index in [4.69, 9.17) is 0 Å². The van der Waals surface area contributed by atoms with Crippen LogP contribution < -0.4 is 9.44 Å². The molecule has 224 valence electrons. The first-order valence-corrected chi connectivity index (χ1v) is 16.4. The van der Waals surface area contributed by atoms with E-state index in [0.717, 1.165) is 24.8 Å². The third kappa shape index (κ3) is 4.14. The highest BCUT2D eigenvalue weighted by Gasteiger charge is 2.70. The van der Waals surface area contributed by atoms with Gasteiger partial charge < -0.3 is 0 Å². The number of hydrogen-bond donors (Lipinski definition) is 2. The van der Waals surface area contributed by atoms with Gasteiger partial charge in [0.05, 0.1) is 5.57 Å². The van der Waals surface area contributed by atoms with E-state index in [0.29, 0.717) is 25.7 Å². The van der Waals surface area contributed by atoms with Crippen molar-refractivity contribution >= 4 is 27.7 Å². The molecule has 0 bridgehead atoms. The van der Waals surface area contributed by atoms with Crippen LogP contribution in [0.3, 0.4) is 0 Å². The summed E-state index contributed by atoms with van der Waals surface area (Å²) in [5.41, 5.74) is -1.89. The van der Waals surface area contributed by atoms with E-state index in [9.17, 15) is 28.1 Å². The SMILES string of the molecule is CC(=O)NS(=O)(=O)N[C@]12CCC(C)(C)C[C@H]1[C@H]1C(=O)C=C3[C@@]4(C)C=C(C#N)C(=O)C(C)(C)[C@@H]4CC[C@@]3(C)[C@]1(C)CC2. The molecule has 3 saturated carbocycles. The number of rotatable bonds is 3. The summed E-state index contributed by atoms with van der Waals surface area (Å²) >= 11 is 0. The molecule has 5 rings (SSSR count). The van der Waals surface area contributed by atoms with Crippen LogP contribution in [0.2, 0.25) is 0 Å². The van der Waals surface area contributed by atoms with E-state index in [-0.39, 0.29) is 39.8 Å². The molecular formula is C32H45N3O5S. The number of ketones is 2. The Labute approximate surface area is 245 Å². The Morgan fingerprint density at radius 2 is 1.63 bits per heavy atom. The molecule has 0 radical (unpaired) electrons. The van der Waals surface area contributed by atoms with E-state index < -0.39 is 43.8 Å². The summed E-state index contributed by atoms with van der Waals surface area (Å²) in [5, 5.41) is 9.90. The van der Waals surface area contributed by atoms with E-state index in [1.807, 2.05) is 26.0 Å². The zero-order valence-corrected chi connectivity index (χ0v) is 26.5. The standard InChI is InChI=1S/C32H45N3O5S/c1-19(36)34-41(39,40)35-32-13-11-27(2,3)17-21(32)25-22(37)15-24-29(6)16-20(18-33)26(38)28(4,5)23(29)9-10-30(24,7)31(25,8)12-14-32/h15-16,21,23,25,35H,9-14,17H2,1-8H3,(H,34,36)/t21-,23-,25-,29-,30+,31+,32-/m0/s1. The van der Waals surface area contributed by atoms with Gasteiger partial charge >= 0.3 is 10.2 Å². The van der Waals surface area contributed by atoms with Gasteiger partial charge in [-0.15, -0.1) is 0 Å². The number of nitrogens with zero attached hydrogens (tertiary/aromatic N) is 1. The minimum absolute atomic E-state index is 0.00830. The van der Waals surface area contributed by atoms with Crippen molar-refractivity contribution in [2.75, 3.05) is 0 Å². The maximum atomic E-state index is 14.5. The van der Waals surface area contributed by atoms with Crippen molar-refractivity contribution < 1.29 is 22.8 Å². The molecule has 1 amide bonds. The molecule has 3 fully saturated rings. The van der Waals surface area contributed by atoms with E-state index in [1.165, 1.54) is 6.92 Å². The predicted molar refractivity (Wildman–Crippen MR) is 155 cm³/mol. The van der Waals surface area contributed by atoms with Crippen LogP contribution in [-0.4, -0.2) is 31.4 Å². The number of carbonyl (C=O) groups excluding carboxylic acids is 3. The van der Waals surface area contributed by atoms with E-state index in [1.54, 1.807) is 0 Å². The fraction of sp³-hybridized carbons (Fsp3) is 0.750. The first-order chi connectivity index (χ1) is 18.7. The molecule has 41 heavy (non-hydrogen) atoms. The van der Waals surface area contributed by atoms with Gasteiger partial charge in [-0.2, -0.15) is 18.4 Å². The lowest BCUT2D eigenvalue weighted by atomic mass is 9.35. The van der Waals surface area contributed by atoms with Crippen LogP contribution >= 0.6 is 0 Å². The maximum Gasteiger partial charge on any atom is 0.301 e. The zero-order valence-electron chi connectivity index (χ0n) is 25.7. The number of carbonyl (C=O) groups is 3. The fourth-order valence-corrected chi connectivity index (χ4v) is 11.6. The molecule has 8 nitrogen and oxygen atoms in total. The average Bonchev–Trinajstić information content (AvgIpc) is 2.82. The molecular weight excluding hydrogens is 538 g/mol. The molecule has 5 aliphatic carbocycles. The number of Topliss-reactive ketones (excluding diaryl/α,β-unsaturated/α-hetero) is 1. The van der Waals surface area contributed by atoms with Gasteiger partial charge in [-0.25, -0.2) is 4.72 Å². The Kier molecular flexibility index (Phi) is 6.51. The van der Waals surface area contributed by atoms with Gasteiger partial charge in [0.2, 0.25) is 5.91 Å². The van der Waals surface area contributed by atoms with Gasteiger partial charge in [0.15, 0.2) is 11.6 Å². The van der Waals surface area contributed by atoms with Gasteiger partial charge in [0, 0.05) is 29.2 Å². The number of fused-ring (bicyclic) bond motifs is 7. The summed E-state index contributed by atoms with van der Waals surface area (Å²) in [6.07, 6.45) is 8.58. The van der Waals surface area contributed by atoms with Crippen molar-refractivity contribution in [3.63, 3.8) is 0 Å². The molecule has 0 aromatic carbocycles. The molecule has 0 aromatic rings. The van der Waals surface area contributed by atoms with Crippen LogP contribution in [0.1, 0.15) is 100 Å². The van der Waals surface area contributed by atoms with Gasteiger partial charge in [0.25, 0.3) is 0 Å². The van der Waals surface area contributed by atoms with Crippen molar-refractivity contribution in [2.24, 2.45) is 44.8 Å². The van der Waals surface area contributed by atoms with Gasteiger partial charge in [-0.05, 0) is 79.1 Å². The molecule has 0 unspecified atom stereocenters. The summed E-state index contributed by atoms with van der Waals surface area (Å²) < 4.78 is 31.1. The summed E-state index contributed by atoms with van der Waals surface area (Å²) in [6.45, 7) is 16.0. The lowest BCUT2D eigenvalue weighted by Crippen LogP contribution is -2.70. The molecule has 9 heteroatoms. The minimum Gasteiger partial charge on any atom is -0.295 e. The Morgan fingerprint density at radius 3 is 2.24 bits per heavy atom. The van der Waals surface area contributed by atoms with Crippen LogP contribution in [0.25, 0.3) is 0 Å². The van der Waals surface area contributed by atoms with Crippen LogP contribution in [0.15, 0.2) is 23.3 Å². The fourth-order valence-electron chi connectivity index (χ4n) is 10.3. The largest absolute Gasteiger partial charge is 0.301 e. The Morgan fingerprint density at radius 1 is 1.00 bits per heavy atom. The number of nitrogens with one attached hydrogen (secondary N) is 2. The molecule has 0 aliphatic heterocycles. The lowest BCUT2D eigenvalue weighted by molar-refractivity contribution is -0.159. The third-order valence-electron chi connectivity index (χ3n) is 12.5. The zero-order chi connectivity index (χ0) is 30.6. The summed E-state index contributed by atoms with van der Waals surface area (Å²) in [6, 6.07) is 2.14. The second kappa shape index (κ2) is 8.86. The third-order valence-corrected chi connectivity index (χ3v) is 13.7. The van der Waals surface area contributed by atoms with E-state index >= 15 is 0 Å². The van der Waals surface area contributed by atoms with Crippen molar-refractivity contribution in [3.05, 3.63) is 23.3 Å². The Balaban J connectivity index is 1.67. The maximum absolute atomic E-state index is 14.5. The molecule has 0 aromatic heterocycles. The highest BCUT2D eigenvalue weighted by molar-refractivity contribution is 7.88. The normalized spacial score (nSPS) is 42.8. The first kappa shape index (κ1) is 30.2. The van der Waals surface area contributed by atoms with Gasteiger partial charge in [-0.3, -0.25) is 14.4 Å². The van der Waals surface area contributed by atoms with Crippen molar-refractivity contribution in [3.8, 4) is 6.07 Å². The quantitative estimate of drug-likeness (QED) is 0.484. The van der Waals surface area contributed by atoms with E-state index in [2.05, 4.69) is 50.1 Å². The number of amides is 1. The Hall–Kier alpha value is -2.31. The molecule has 0 heterocycles. The van der Waals surface area contributed by atoms with Crippen molar-refractivity contribution in [1.82, 2.24) is 9.44 Å². The first-order valence-electron chi connectivity index (χ1n) is 14.9. The second-order valence-corrected chi connectivity index (χ2v) is 17.1. The van der Waals surface area contributed by atoms with Gasteiger partial charge in [0.1, 0.15) is 6.07 Å². The molecule has 0 saturated heterocycles. The smallest absolute Gasteiger partial charge is 0.295 e. The second-order valence-electron chi connectivity index (χ2n) is 15.7. The highest BCUT2D eigenvalue weighted by Crippen LogP contribution is 2.73. The summed E-state index contributed by atoms with van der Waals surface area (Å²) in [4.78, 5) is 39.5. The van der Waals surface area contributed by atoms with Crippen LogP contribution in [0.4, 0.5) is 0 Å². The van der Waals surface area contributed by atoms with Gasteiger partial charge in [-0.1, -0.05) is 60.1 Å². The van der Waals surface area contributed by atoms with Crippen molar-refractivity contribution in [2.45, 2.75) is 106 Å². The van der Waals surface area contributed by atoms with Crippen molar-refractivity contribution in [1.29, 1.82) is 5.26 Å². The van der Waals surface area contributed by atoms with Crippen LogP contribution in [0.5, 0.6) is 0 Å². The molecule has 5 aliphatic rings. The molecule has 7 atom stereocenters. The summed E-state index contributed by atoms with van der Waals surface area (Å²) in [5.74, 6) is -1.45. The summed E-state index contributed by atoms with van der Waals surface area (Å²) in [7, 11) is -4.11. The predicted octanol–water partition coefficient (Wildman–Crippen LogP) is 4.93. The molecule has 2 N–H and O–H groups in total. The highest BCUT2D eigenvalue weighted by atomic mass is 32.2. The minimum atomic E-state index is -4.11. The lowest BCUT2D eigenvalue weighted by Gasteiger charge is -2.69. The topological polar surface area (TPSA) is 133 Å².